The number of hydrogen-bond donors (Lipinski definition) is 1. The van der Waals surface area contributed by atoms with E-state index in [9.17, 15) is 13.2 Å². The van der Waals surface area contributed by atoms with Crippen LogP contribution in [0.25, 0.3) is 0 Å². The van der Waals surface area contributed by atoms with Gasteiger partial charge in [0.1, 0.15) is 5.75 Å². The largest absolute Gasteiger partial charge is 0.573 e. The summed E-state index contributed by atoms with van der Waals surface area (Å²) in [5.41, 5.74) is 0.902. The summed E-state index contributed by atoms with van der Waals surface area (Å²) < 4.78 is 45.8. The van der Waals surface area contributed by atoms with Gasteiger partial charge in [-0.1, -0.05) is 12.1 Å². The van der Waals surface area contributed by atoms with Crippen molar-refractivity contribution in [3.05, 3.63) is 29.8 Å². The first-order chi connectivity index (χ1) is 10.3. The number of nitrogens with one attached hydrogen (secondary N) is 1. The van der Waals surface area contributed by atoms with E-state index in [0.29, 0.717) is 6.54 Å². The van der Waals surface area contributed by atoms with Crippen LogP contribution in [0.15, 0.2) is 24.3 Å². The van der Waals surface area contributed by atoms with Crippen LogP contribution in [0.4, 0.5) is 13.2 Å². The summed E-state index contributed by atoms with van der Waals surface area (Å²) >= 11 is 0. The van der Waals surface area contributed by atoms with Crippen LogP contribution in [0.1, 0.15) is 18.5 Å². The van der Waals surface area contributed by atoms with Crippen molar-refractivity contribution >= 4 is 0 Å². The van der Waals surface area contributed by atoms with Crippen molar-refractivity contribution < 1.29 is 22.6 Å². The third-order valence-electron chi connectivity index (χ3n) is 3.61. The predicted molar refractivity (Wildman–Crippen MR) is 76.8 cm³/mol. The quantitative estimate of drug-likeness (QED) is 0.905. The summed E-state index contributed by atoms with van der Waals surface area (Å²) in [7, 11) is 2.05. The van der Waals surface area contributed by atoms with E-state index in [1.165, 1.54) is 12.1 Å². The van der Waals surface area contributed by atoms with Crippen molar-refractivity contribution in [2.24, 2.45) is 0 Å². The molecule has 0 radical (unpaired) electrons. The minimum Gasteiger partial charge on any atom is -0.406 e. The molecule has 1 fully saturated rings. The van der Waals surface area contributed by atoms with Gasteiger partial charge in [-0.3, -0.25) is 0 Å². The third kappa shape index (κ3) is 5.47. The number of hydrogen-bond acceptors (Lipinski definition) is 4. The van der Waals surface area contributed by atoms with Crippen molar-refractivity contribution in [1.82, 2.24) is 10.2 Å². The number of likely N-dealkylation sites (N-methyl/N-ethyl adjacent to an activating group) is 1. The normalized spacial score (nSPS) is 21.6. The van der Waals surface area contributed by atoms with Gasteiger partial charge >= 0.3 is 6.36 Å². The minimum absolute atomic E-state index is 0.0239. The van der Waals surface area contributed by atoms with E-state index in [1.54, 1.807) is 12.1 Å². The van der Waals surface area contributed by atoms with Crippen LogP contribution in [0.3, 0.4) is 0 Å². The number of nitrogens with zero attached hydrogens (tertiary/aromatic N) is 1. The molecule has 1 aliphatic rings. The lowest BCUT2D eigenvalue weighted by molar-refractivity contribution is -0.274. The summed E-state index contributed by atoms with van der Waals surface area (Å²) in [5.74, 6) is -0.208. The molecule has 1 saturated heterocycles. The summed E-state index contributed by atoms with van der Waals surface area (Å²) in [6.07, 6.45) is -4.52. The second-order valence-electron chi connectivity index (χ2n) is 5.50. The molecule has 0 spiro atoms. The fourth-order valence-corrected chi connectivity index (χ4v) is 2.37. The molecule has 2 atom stereocenters. The van der Waals surface area contributed by atoms with E-state index in [4.69, 9.17) is 4.74 Å². The van der Waals surface area contributed by atoms with E-state index < -0.39 is 6.36 Å². The number of alkyl halides is 3. The molecule has 4 nitrogen and oxygen atoms in total. The molecule has 0 saturated carbocycles. The van der Waals surface area contributed by atoms with Gasteiger partial charge in [-0.15, -0.1) is 13.2 Å². The maximum atomic E-state index is 12.1. The van der Waals surface area contributed by atoms with Crippen LogP contribution in [0, 0.1) is 0 Å². The number of halogens is 3. The van der Waals surface area contributed by atoms with Gasteiger partial charge in [0.2, 0.25) is 0 Å². The molecule has 124 valence electrons. The zero-order valence-electron chi connectivity index (χ0n) is 12.7. The Hall–Kier alpha value is -1.31. The summed E-state index contributed by atoms with van der Waals surface area (Å²) in [4.78, 5) is 2.21. The topological polar surface area (TPSA) is 33.7 Å². The Morgan fingerprint density at radius 1 is 1.36 bits per heavy atom. The molecule has 0 aromatic heterocycles. The Bertz CT molecular complexity index is 465. The van der Waals surface area contributed by atoms with Gasteiger partial charge in [-0.25, -0.2) is 0 Å². The molecule has 1 aromatic rings. The van der Waals surface area contributed by atoms with Gasteiger partial charge < -0.3 is 19.7 Å². The fourth-order valence-electron chi connectivity index (χ4n) is 2.37. The average Bonchev–Trinajstić information content (AvgIpc) is 2.44. The second-order valence-corrected chi connectivity index (χ2v) is 5.50. The van der Waals surface area contributed by atoms with Gasteiger partial charge in [-0.2, -0.15) is 0 Å². The molecule has 1 N–H and O–H groups in total. The Labute approximate surface area is 128 Å². The number of ether oxygens (including phenoxy) is 2. The second kappa shape index (κ2) is 7.30. The van der Waals surface area contributed by atoms with E-state index in [0.717, 1.165) is 25.3 Å². The van der Waals surface area contributed by atoms with Crippen LogP contribution in [-0.4, -0.2) is 50.7 Å². The zero-order valence-corrected chi connectivity index (χ0v) is 12.7. The van der Waals surface area contributed by atoms with Crippen LogP contribution in [0.5, 0.6) is 5.75 Å². The van der Waals surface area contributed by atoms with Crippen LogP contribution in [0.2, 0.25) is 0 Å². The van der Waals surface area contributed by atoms with Crippen molar-refractivity contribution in [3.63, 3.8) is 0 Å². The highest BCUT2D eigenvalue weighted by Gasteiger charge is 2.31. The van der Waals surface area contributed by atoms with Crippen molar-refractivity contribution in [2.45, 2.75) is 25.4 Å². The van der Waals surface area contributed by atoms with Gasteiger partial charge in [0, 0.05) is 25.7 Å². The third-order valence-corrected chi connectivity index (χ3v) is 3.61. The van der Waals surface area contributed by atoms with Crippen LogP contribution >= 0.6 is 0 Å². The summed E-state index contributed by atoms with van der Waals surface area (Å²) in [6, 6.07) is 5.94. The molecule has 0 amide bonds. The Morgan fingerprint density at radius 3 is 2.64 bits per heavy atom. The van der Waals surface area contributed by atoms with E-state index >= 15 is 0 Å². The summed E-state index contributed by atoms with van der Waals surface area (Å²) in [6.45, 7) is 5.20. The van der Waals surface area contributed by atoms with Gasteiger partial charge in [0.15, 0.2) is 0 Å². The molecule has 0 bridgehead atoms. The maximum Gasteiger partial charge on any atom is 0.573 e. The molecular weight excluding hydrogens is 297 g/mol. The first-order valence-electron chi connectivity index (χ1n) is 7.23. The highest BCUT2D eigenvalue weighted by Crippen LogP contribution is 2.24. The molecule has 1 aliphatic heterocycles. The monoisotopic (exact) mass is 318 g/mol. The van der Waals surface area contributed by atoms with E-state index in [-0.39, 0.29) is 17.9 Å². The zero-order chi connectivity index (χ0) is 16.2. The van der Waals surface area contributed by atoms with Crippen molar-refractivity contribution in [2.75, 3.05) is 33.3 Å². The molecule has 1 aromatic carbocycles. The highest BCUT2D eigenvalue weighted by molar-refractivity contribution is 5.29. The van der Waals surface area contributed by atoms with Gasteiger partial charge in [0.05, 0.1) is 12.7 Å². The molecule has 22 heavy (non-hydrogen) atoms. The first kappa shape index (κ1) is 17.1. The van der Waals surface area contributed by atoms with Crippen LogP contribution < -0.4 is 10.1 Å². The number of morpholine rings is 1. The molecule has 1 heterocycles. The molecular formula is C15H21F3N2O2. The summed E-state index contributed by atoms with van der Waals surface area (Å²) in [5, 5.41) is 3.34. The predicted octanol–water partition coefficient (Wildman–Crippen LogP) is 2.57. The number of rotatable bonds is 5. The Morgan fingerprint density at radius 2 is 2.05 bits per heavy atom. The van der Waals surface area contributed by atoms with Crippen molar-refractivity contribution in [1.29, 1.82) is 0 Å². The molecule has 0 unspecified atom stereocenters. The standard InChI is InChI=1S/C15H21F3N2O2/c1-11(19-9-14-10-20(2)7-8-21-14)12-3-5-13(6-4-12)22-15(16,17)18/h3-6,11,14,19H,7-10H2,1-2H3/t11-,14+/m0/s1. The highest BCUT2D eigenvalue weighted by atomic mass is 19.4. The minimum atomic E-state index is -4.66. The lowest BCUT2D eigenvalue weighted by Gasteiger charge is -2.31. The molecule has 2 rings (SSSR count). The number of benzene rings is 1. The molecule has 7 heteroatoms. The van der Waals surface area contributed by atoms with Crippen LogP contribution in [-0.2, 0) is 4.74 Å². The Balaban J connectivity index is 1.83. The lowest BCUT2D eigenvalue weighted by Crippen LogP contribution is -2.45. The van der Waals surface area contributed by atoms with Crippen molar-refractivity contribution in [3.8, 4) is 5.75 Å². The van der Waals surface area contributed by atoms with Gasteiger partial charge in [0.25, 0.3) is 0 Å². The molecule has 0 aliphatic carbocycles. The first-order valence-corrected chi connectivity index (χ1v) is 7.23. The van der Waals surface area contributed by atoms with E-state index in [2.05, 4.69) is 22.0 Å². The fraction of sp³-hybridized carbons (Fsp3) is 0.600. The average molecular weight is 318 g/mol. The van der Waals surface area contributed by atoms with Gasteiger partial charge in [-0.05, 0) is 31.7 Å². The lowest BCUT2D eigenvalue weighted by atomic mass is 10.1. The SMILES string of the molecule is C[C@H](NC[C@@H]1CN(C)CCO1)c1ccc(OC(F)(F)F)cc1. The maximum absolute atomic E-state index is 12.1. The Kier molecular flexibility index (Phi) is 5.66. The van der Waals surface area contributed by atoms with E-state index in [1.807, 2.05) is 6.92 Å². The smallest absolute Gasteiger partial charge is 0.406 e.